The van der Waals surface area contributed by atoms with Gasteiger partial charge in [-0.15, -0.1) is 0 Å². The maximum Gasteiger partial charge on any atom is 0.131 e. The van der Waals surface area contributed by atoms with Crippen molar-refractivity contribution in [1.82, 2.24) is 15.1 Å². The predicted molar refractivity (Wildman–Crippen MR) is 65.5 cm³/mol. The summed E-state index contributed by atoms with van der Waals surface area (Å²) in [5.41, 5.74) is 1.98. The van der Waals surface area contributed by atoms with Crippen LogP contribution in [-0.4, -0.2) is 27.5 Å². The van der Waals surface area contributed by atoms with Gasteiger partial charge in [-0.25, -0.2) is 0 Å². The molecule has 92 valence electrons. The van der Waals surface area contributed by atoms with E-state index in [4.69, 9.17) is 16.7 Å². The molecule has 2 N–H and O–H groups in total. The standard InChI is InChI=1S/C11H20ClN3O/c1-7(6-16)8(2)13-5-10-9(3)14-15(4)11(10)12/h7-8,13,16H,5-6H2,1-4H3. The van der Waals surface area contributed by atoms with Crippen molar-refractivity contribution in [2.45, 2.75) is 33.4 Å². The number of aromatic nitrogens is 2. The Hall–Kier alpha value is -0.580. The predicted octanol–water partition coefficient (Wildman–Crippen LogP) is 1.49. The molecular formula is C11H20ClN3O. The van der Waals surface area contributed by atoms with E-state index in [-0.39, 0.29) is 18.6 Å². The van der Waals surface area contributed by atoms with E-state index in [9.17, 15) is 0 Å². The molecule has 5 heteroatoms. The van der Waals surface area contributed by atoms with E-state index in [1.165, 1.54) is 0 Å². The Morgan fingerprint density at radius 1 is 1.50 bits per heavy atom. The first-order valence-electron chi connectivity index (χ1n) is 5.49. The third-order valence-electron chi connectivity index (χ3n) is 3.01. The van der Waals surface area contributed by atoms with Crippen LogP contribution in [0.2, 0.25) is 5.15 Å². The molecule has 0 spiro atoms. The van der Waals surface area contributed by atoms with E-state index in [0.29, 0.717) is 11.7 Å². The number of aliphatic hydroxyl groups excluding tert-OH is 1. The van der Waals surface area contributed by atoms with Crippen molar-refractivity contribution < 1.29 is 5.11 Å². The number of nitrogens with zero attached hydrogens (tertiary/aromatic N) is 2. The van der Waals surface area contributed by atoms with Crippen LogP contribution in [0.25, 0.3) is 0 Å². The van der Waals surface area contributed by atoms with Gasteiger partial charge >= 0.3 is 0 Å². The van der Waals surface area contributed by atoms with Gasteiger partial charge in [0.2, 0.25) is 0 Å². The van der Waals surface area contributed by atoms with Gasteiger partial charge in [-0.1, -0.05) is 18.5 Å². The van der Waals surface area contributed by atoms with Crippen LogP contribution in [0.3, 0.4) is 0 Å². The summed E-state index contributed by atoms with van der Waals surface area (Å²) < 4.78 is 1.67. The summed E-state index contributed by atoms with van der Waals surface area (Å²) in [6.45, 7) is 6.89. The molecule has 1 aromatic rings. The molecule has 0 aliphatic heterocycles. The molecule has 0 saturated heterocycles. The Balaban J connectivity index is 2.61. The summed E-state index contributed by atoms with van der Waals surface area (Å²) in [5, 5.41) is 17.3. The molecule has 0 radical (unpaired) electrons. The van der Waals surface area contributed by atoms with Crippen LogP contribution in [0, 0.1) is 12.8 Å². The number of aliphatic hydroxyl groups is 1. The molecule has 0 aromatic carbocycles. The maximum absolute atomic E-state index is 9.03. The van der Waals surface area contributed by atoms with Crippen molar-refractivity contribution in [1.29, 1.82) is 0 Å². The van der Waals surface area contributed by atoms with Crippen molar-refractivity contribution in [2.24, 2.45) is 13.0 Å². The number of aryl methyl sites for hydroxylation is 2. The maximum atomic E-state index is 9.03. The van der Waals surface area contributed by atoms with Crippen LogP contribution in [0.1, 0.15) is 25.1 Å². The second-order valence-electron chi connectivity index (χ2n) is 4.31. The second kappa shape index (κ2) is 5.66. The molecule has 0 fully saturated rings. The van der Waals surface area contributed by atoms with E-state index < -0.39 is 0 Å². The summed E-state index contributed by atoms with van der Waals surface area (Å²) in [7, 11) is 1.83. The molecule has 1 heterocycles. The smallest absolute Gasteiger partial charge is 0.131 e. The first-order chi connectivity index (χ1) is 7.47. The first kappa shape index (κ1) is 13.5. The lowest BCUT2D eigenvalue weighted by Gasteiger charge is -2.19. The van der Waals surface area contributed by atoms with Crippen LogP contribution in [0.15, 0.2) is 0 Å². The van der Waals surface area contributed by atoms with E-state index >= 15 is 0 Å². The molecule has 16 heavy (non-hydrogen) atoms. The van der Waals surface area contributed by atoms with Crippen molar-refractivity contribution in [3.05, 3.63) is 16.4 Å². The summed E-state index contributed by atoms with van der Waals surface area (Å²) >= 11 is 6.12. The lowest BCUT2D eigenvalue weighted by molar-refractivity contribution is 0.207. The average Bonchev–Trinajstić information content (AvgIpc) is 2.49. The lowest BCUT2D eigenvalue weighted by Crippen LogP contribution is -2.33. The molecule has 1 aromatic heterocycles. The Bertz CT molecular complexity index is 351. The lowest BCUT2D eigenvalue weighted by atomic mass is 10.1. The van der Waals surface area contributed by atoms with Gasteiger partial charge in [-0.3, -0.25) is 4.68 Å². The molecule has 0 aliphatic carbocycles. The number of halogens is 1. The minimum atomic E-state index is 0.188. The monoisotopic (exact) mass is 245 g/mol. The SMILES string of the molecule is Cc1nn(C)c(Cl)c1CNC(C)C(C)CO. The van der Waals surface area contributed by atoms with Gasteiger partial charge in [0.15, 0.2) is 0 Å². The van der Waals surface area contributed by atoms with Crippen LogP contribution >= 0.6 is 11.6 Å². The van der Waals surface area contributed by atoms with E-state index in [2.05, 4.69) is 17.3 Å². The third kappa shape index (κ3) is 2.97. The molecule has 0 amide bonds. The highest BCUT2D eigenvalue weighted by molar-refractivity contribution is 6.30. The molecule has 2 unspecified atom stereocenters. The van der Waals surface area contributed by atoms with Gasteiger partial charge in [0.25, 0.3) is 0 Å². The molecule has 0 aliphatic rings. The Kier molecular flexibility index (Phi) is 4.77. The molecule has 2 atom stereocenters. The fourth-order valence-electron chi connectivity index (χ4n) is 1.50. The van der Waals surface area contributed by atoms with Gasteiger partial charge in [-0.05, 0) is 19.8 Å². The quantitative estimate of drug-likeness (QED) is 0.827. The van der Waals surface area contributed by atoms with Crippen molar-refractivity contribution in [3.8, 4) is 0 Å². The Labute approximate surface area is 102 Å². The molecule has 1 rings (SSSR count). The van der Waals surface area contributed by atoms with Crippen molar-refractivity contribution in [2.75, 3.05) is 6.61 Å². The van der Waals surface area contributed by atoms with Gasteiger partial charge in [0.1, 0.15) is 5.15 Å². The summed E-state index contributed by atoms with van der Waals surface area (Å²) in [6, 6.07) is 0.251. The number of hydrogen-bond acceptors (Lipinski definition) is 3. The molecular weight excluding hydrogens is 226 g/mol. The number of hydrogen-bond donors (Lipinski definition) is 2. The summed E-state index contributed by atoms with van der Waals surface area (Å²) in [5.74, 6) is 0.232. The van der Waals surface area contributed by atoms with Crippen molar-refractivity contribution in [3.63, 3.8) is 0 Å². The largest absolute Gasteiger partial charge is 0.396 e. The van der Waals surface area contributed by atoms with Gasteiger partial charge in [0, 0.05) is 31.8 Å². The number of rotatable bonds is 5. The summed E-state index contributed by atoms with van der Waals surface area (Å²) in [6.07, 6.45) is 0. The molecule has 0 bridgehead atoms. The topological polar surface area (TPSA) is 50.1 Å². The van der Waals surface area contributed by atoms with Gasteiger partial charge in [0.05, 0.1) is 5.69 Å². The first-order valence-corrected chi connectivity index (χ1v) is 5.87. The highest BCUT2D eigenvalue weighted by atomic mass is 35.5. The molecule has 0 saturated carbocycles. The van der Waals surface area contributed by atoms with Gasteiger partial charge in [-0.2, -0.15) is 5.10 Å². The fraction of sp³-hybridized carbons (Fsp3) is 0.727. The molecule has 4 nitrogen and oxygen atoms in total. The zero-order chi connectivity index (χ0) is 12.3. The minimum Gasteiger partial charge on any atom is -0.396 e. The van der Waals surface area contributed by atoms with E-state index in [1.807, 2.05) is 20.9 Å². The highest BCUT2D eigenvalue weighted by Crippen LogP contribution is 2.18. The zero-order valence-electron chi connectivity index (χ0n) is 10.3. The van der Waals surface area contributed by atoms with Crippen molar-refractivity contribution >= 4 is 11.6 Å². The van der Waals surface area contributed by atoms with Crippen LogP contribution in [0.5, 0.6) is 0 Å². The Morgan fingerprint density at radius 3 is 2.56 bits per heavy atom. The van der Waals surface area contributed by atoms with E-state index in [1.54, 1.807) is 4.68 Å². The Morgan fingerprint density at radius 2 is 2.12 bits per heavy atom. The highest BCUT2D eigenvalue weighted by Gasteiger charge is 2.14. The zero-order valence-corrected chi connectivity index (χ0v) is 11.0. The minimum absolute atomic E-state index is 0.188. The average molecular weight is 246 g/mol. The second-order valence-corrected chi connectivity index (χ2v) is 4.67. The normalized spacial score (nSPS) is 15.1. The van der Waals surface area contributed by atoms with Crippen LogP contribution in [0.4, 0.5) is 0 Å². The van der Waals surface area contributed by atoms with Gasteiger partial charge < -0.3 is 10.4 Å². The number of nitrogens with one attached hydrogen (secondary N) is 1. The van der Waals surface area contributed by atoms with Crippen LogP contribution < -0.4 is 5.32 Å². The van der Waals surface area contributed by atoms with Crippen LogP contribution in [-0.2, 0) is 13.6 Å². The third-order valence-corrected chi connectivity index (χ3v) is 3.48. The summed E-state index contributed by atoms with van der Waals surface area (Å²) in [4.78, 5) is 0. The van der Waals surface area contributed by atoms with E-state index in [0.717, 1.165) is 11.3 Å². The fourth-order valence-corrected chi connectivity index (χ4v) is 1.74.